The molecule has 0 radical (unpaired) electrons. The van der Waals surface area contributed by atoms with E-state index in [4.69, 9.17) is 23.2 Å². The van der Waals surface area contributed by atoms with Crippen molar-refractivity contribution in [3.05, 3.63) is 67.9 Å². The van der Waals surface area contributed by atoms with Gasteiger partial charge in [0, 0.05) is 25.6 Å². The largest absolute Gasteiger partial charge is 0.383 e. The molecule has 2 aromatic carbocycles. The number of aliphatic hydroxyl groups is 1. The van der Waals surface area contributed by atoms with E-state index in [1.807, 2.05) is 0 Å². The molecule has 0 aromatic heterocycles. The summed E-state index contributed by atoms with van der Waals surface area (Å²) in [7, 11) is 0. The number of aliphatic hydroxyl groups excluding tert-OH is 1. The van der Waals surface area contributed by atoms with Crippen LogP contribution in [-0.4, -0.2) is 5.11 Å². The van der Waals surface area contributed by atoms with Gasteiger partial charge in [0.25, 0.3) is 0 Å². The van der Waals surface area contributed by atoms with Gasteiger partial charge in [-0.15, -0.1) is 0 Å². The van der Waals surface area contributed by atoms with Crippen molar-refractivity contribution >= 4 is 39.1 Å². The van der Waals surface area contributed by atoms with Crippen LogP contribution in [0.5, 0.6) is 0 Å². The summed E-state index contributed by atoms with van der Waals surface area (Å²) >= 11 is 15.0. The lowest BCUT2D eigenvalue weighted by atomic mass is 10.0. The predicted molar refractivity (Wildman–Crippen MR) is 74.6 cm³/mol. The number of benzene rings is 2. The Hall–Kier alpha value is -0.610. The molecule has 0 amide bonds. The first-order chi connectivity index (χ1) is 8.49. The van der Waals surface area contributed by atoms with Gasteiger partial charge in [0.2, 0.25) is 0 Å². The van der Waals surface area contributed by atoms with Crippen molar-refractivity contribution in [2.45, 2.75) is 6.10 Å². The Labute approximate surface area is 122 Å². The maximum absolute atomic E-state index is 13.7. The van der Waals surface area contributed by atoms with Crippen molar-refractivity contribution in [3.63, 3.8) is 0 Å². The van der Waals surface area contributed by atoms with E-state index < -0.39 is 11.9 Å². The minimum atomic E-state index is -1.12. The second-order valence-electron chi connectivity index (χ2n) is 3.73. The smallest absolute Gasteiger partial charge is 0.130 e. The minimum absolute atomic E-state index is 0.142. The van der Waals surface area contributed by atoms with Crippen LogP contribution in [-0.2, 0) is 0 Å². The van der Waals surface area contributed by atoms with Gasteiger partial charge in [0.05, 0.1) is 0 Å². The number of hydrogen-bond acceptors (Lipinski definition) is 1. The zero-order valence-electron chi connectivity index (χ0n) is 9.00. The highest BCUT2D eigenvalue weighted by Gasteiger charge is 2.17. The van der Waals surface area contributed by atoms with E-state index in [0.29, 0.717) is 10.6 Å². The molecule has 2 rings (SSSR count). The van der Waals surface area contributed by atoms with Gasteiger partial charge in [-0.05, 0) is 24.3 Å². The molecule has 0 aliphatic heterocycles. The summed E-state index contributed by atoms with van der Waals surface area (Å²) < 4.78 is 14.5. The molecule has 0 heterocycles. The van der Waals surface area contributed by atoms with Gasteiger partial charge >= 0.3 is 0 Å². The fourth-order valence-corrected chi connectivity index (χ4v) is 2.55. The van der Waals surface area contributed by atoms with E-state index in [1.165, 1.54) is 12.1 Å². The van der Waals surface area contributed by atoms with Gasteiger partial charge in [-0.1, -0.05) is 51.3 Å². The molecule has 0 spiro atoms. The molecule has 1 unspecified atom stereocenters. The first-order valence-corrected chi connectivity index (χ1v) is 6.62. The fraction of sp³-hybridized carbons (Fsp3) is 0.0769. The van der Waals surface area contributed by atoms with Crippen LogP contribution in [0.4, 0.5) is 4.39 Å². The van der Waals surface area contributed by atoms with E-state index >= 15 is 0 Å². The van der Waals surface area contributed by atoms with Crippen LogP contribution in [0, 0.1) is 5.82 Å². The Morgan fingerprint density at radius 3 is 2.33 bits per heavy atom. The van der Waals surface area contributed by atoms with Crippen molar-refractivity contribution < 1.29 is 9.50 Å². The third-order valence-electron chi connectivity index (χ3n) is 2.51. The van der Waals surface area contributed by atoms with Gasteiger partial charge < -0.3 is 5.11 Å². The molecular weight excluding hydrogens is 342 g/mol. The maximum Gasteiger partial charge on any atom is 0.130 e. The number of hydrogen-bond donors (Lipinski definition) is 1. The normalized spacial score (nSPS) is 12.5. The van der Waals surface area contributed by atoms with Crippen molar-refractivity contribution in [2.24, 2.45) is 0 Å². The van der Waals surface area contributed by atoms with Gasteiger partial charge in [0.1, 0.15) is 11.9 Å². The molecule has 0 bridgehead atoms. The van der Waals surface area contributed by atoms with Crippen LogP contribution in [0.1, 0.15) is 17.2 Å². The minimum Gasteiger partial charge on any atom is -0.383 e. The Morgan fingerprint density at radius 2 is 1.72 bits per heavy atom. The van der Waals surface area contributed by atoms with Crippen LogP contribution in [0.25, 0.3) is 0 Å². The second-order valence-corrected chi connectivity index (χ2v) is 5.49. The van der Waals surface area contributed by atoms with Crippen LogP contribution in [0.3, 0.4) is 0 Å². The fourth-order valence-electron chi connectivity index (χ4n) is 1.61. The average Bonchev–Trinajstić information content (AvgIpc) is 2.28. The Kier molecular flexibility index (Phi) is 4.28. The van der Waals surface area contributed by atoms with E-state index in [-0.39, 0.29) is 10.6 Å². The molecule has 2 aromatic rings. The van der Waals surface area contributed by atoms with Crippen LogP contribution < -0.4 is 0 Å². The Balaban J connectivity index is 2.44. The van der Waals surface area contributed by atoms with Gasteiger partial charge in [-0.25, -0.2) is 4.39 Å². The lowest BCUT2D eigenvalue weighted by molar-refractivity contribution is 0.215. The zero-order valence-corrected chi connectivity index (χ0v) is 12.1. The maximum atomic E-state index is 13.7. The second kappa shape index (κ2) is 5.57. The lowest BCUT2D eigenvalue weighted by Gasteiger charge is -2.14. The highest BCUT2D eigenvalue weighted by atomic mass is 79.9. The standard InChI is InChI=1S/C13H8BrCl2FO/c14-7-1-3-9(11(16)5-7)13(18)10-4-2-8(15)6-12(10)17/h1-6,13,18H. The third kappa shape index (κ3) is 2.86. The zero-order chi connectivity index (χ0) is 13.3. The highest BCUT2D eigenvalue weighted by molar-refractivity contribution is 9.10. The van der Waals surface area contributed by atoms with E-state index in [0.717, 1.165) is 10.5 Å². The van der Waals surface area contributed by atoms with Crippen LogP contribution in [0.15, 0.2) is 40.9 Å². The summed E-state index contributed by atoms with van der Waals surface area (Å²) in [6, 6.07) is 9.15. The summed E-state index contributed by atoms with van der Waals surface area (Å²) in [5.41, 5.74) is 0.588. The molecule has 0 fully saturated rings. The molecule has 18 heavy (non-hydrogen) atoms. The van der Waals surface area contributed by atoms with Crippen molar-refractivity contribution in [1.82, 2.24) is 0 Å². The van der Waals surface area contributed by atoms with Crippen molar-refractivity contribution in [1.29, 1.82) is 0 Å². The summed E-state index contributed by atoms with van der Waals surface area (Å²) in [6.45, 7) is 0. The molecule has 5 heteroatoms. The SMILES string of the molecule is OC(c1ccc(Cl)cc1F)c1ccc(Br)cc1Cl. The van der Waals surface area contributed by atoms with Crippen LogP contribution in [0.2, 0.25) is 10.0 Å². The highest BCUT2D eigenvalue weighted by Crippen LogP contribution is 2.32. The molecule has 0 aliphatic rings. The molecule has 1 atom stereocenters. The molecule has 0 saturated carbocycles. The number of rotatable bonds is 2. The van der Waals surface area contributed by atoms with E-state index in [2.05, 4.69) is 15.9 Å². The Bertz CT molecular complexity index is 538. The van der Waals surface area contributed by atoms with Gasteiger partial charge in [-0.3, -0.25) is 0 Å². The quantitative estimate of drug-likeness (QED) is 0.810. The first-order valence-electron chi connectivity index (χ1n) is 5.07. The van der Waals surface area contributed by atoms with Gasteiger partial charge in [0.15, 0.2) is 0 Å². The molecule has 94 valence electrons. The summed E-state index contributed by atoms with van der Waals surface area (Å²) in [4.78, 5) is 0. The van der Waals surface area contributed by atoms with E-state index in [1.54, 1.807) is 18.2 Å². The molecule has 0 aliphatic carbocycles. The van der Waals surface area contributed by atoms with E-state index in [9.17, 15) is 9.50 Å². The van der Waals surface area contributed by atoms with Gasteiger partial charge in [-0.2, -0.15) is 0 Å². The Morgan fingerprint density at radius 1 is 1.06 bits per heavy atom. The third-order valence-corrected chi connectivity index (χ3v) is 3.57. The van der Waals surface area contributed by atoms with Crippen molar-refractivity contribution in [3.8, 4) is 0 Å². The molecule has 0 saturated heterocycles. The summed E-state index contributed by atoms with van der Waals surface area (Å²) in [5, 5.41) is 10.8. The molecule has 1 nitrogen and oxygen atoms in total. The predicted octanol–water partition coefficient (Wildman–Crippen LogP) is 4.98. The van der Waals surface area contributed by atoms with Crippen LogP contribution >= 0.6 is 39.1 Å². The first kappa shape index (κ1) is 13.8. The average molecular weight is 350 g/mol. The number of halogens is 4. The molecule has 1 N–H and O–H groups in total. The van der Waals surface area contributed by atoms with Crippen molar-refractivity contribution in [2.75, 3.05) is 0 Å². The summed E-state index contributed by atoms with van der Waals surface area (Å²) in [5.74, 6) is -0.561. The summed E-state index contributed by atoms with van der Waals surface area (Å²) in [6.07, 6.45) is -1.12. The lowest BCUT2D eigenvalue weighted by Crippen LogP contribution is -2.03. The monoisotopic (exact) mass is 348 g/mol. The topological polar surface area (TPSA) is 20.2 Å². The molecular formula is C13H8BrCl2FO.